The molecule has 0 atom stereocenters. The van der Waals surface area contributed by atoms with Crippen LogP contribution in [-0.4, -0.2) is 16.7 Å². The highest BCUT2D eigenvalue weighted by Crippen LogP contribution is 2.11. The third-order valence-corrected chi connectivity index (χ3v) is 1.19. The Balaban J connectivity index is 0.000000791. The number of aliphatic hydroxyl groups is 1. The van der Waals surface area contributed by atoms with Gasteiger partial charge in [0, 0.05) is 12.3 Å². The van der Waals surface area contributed by atoms with Gasteiger partial charge in [0.05, 0.1) is 6.61 Å². The van der Waals surface area contributed by atoms with Gasteiger partial charge in [-0.2, -0.15) is 8.78 Å². The van der Waals surface area contributed by atoms with Crippen molar-refractivity contribution in [3.8, 4) is 5.88 Å². The van der Waals surface area contributed by atoms with Crippen molar-refractivity contribution in [3.63, 3.8) is 0 Å². The third-order valence-electron chi connectivity index (χ3n) is 1.19. The number of rotatable bonds is 3. The summed E-state index contributed by atoms with van der Waals surface area (Å²) in [7, 11) is 0. The maximum Gasteiger partial charge on any atom is 0.388 e. The summed E-state index contributed by atoms with van der Waals surface area (Å²) >= 11 is 0. The molecule has 78 valence electrons. The van der Waals surface area contributed by atoms with Gasteiger partial charge in [0.15, 0.2) is 0 Å². The fourth-order valence-electron chi connectivity index (χ4n) is 0.705. The van der Waals surface area contributed by atoms with Crippen molar-refractivity contribution in [3.05, 3.63) is 37.1 Å². The molecule has 0 aliphatic carbocycles. The lowest BCUT2D eigenvalue weighted by Crippen LogP contribution is -2.03. The Labute approximate surface area is 80.7 Å². The Morgan fingerprint density at radius 1 is 1.50 bits per heavy atom. The summed E-state index contributed by atoms with van der Waals surface area (Å²) in [6.45, 7) is 2.90. The molecule has 0 radical (unpaired) electrons. The predicted molar refractivity (Wildman–Crippen MR) is 48.0 cm³/mol. The Kier molecular flexibility index (Phi) is 6.22. The summed E-state index contributed by atoms with van der Waals surface area (Å²) in [6.07, 6.45) is 1.29. The molecule has 14 heavy (non-hydrogen) atoms. The molecular formula is C9H11F2NO2. The molecule has 1 aromatic rings. The van der Waals surface area contributed by atoms with E-state index in [-0.39, 0.29) is 12.5 Å². The van der Waals surface area contributed by atoms with Gasteiger partial charge in [0.25, 0.3) is 0 Å². The highest BCUT2D eigenvalue weighted by atomic mass is 19.3. The van der Waals surface area contributed by atoms with E-state index in [2.05, 4.69) is 22.9 Å². The largest absolute Gasteiger partial charge is 0.417 e. The molecule has 0 aliphatic rings. The van der Waals surface area contributed by atoms with Gasteiger partial charge in [-0.15, -0.1) is 13.2 Å². The second-order valence-corrected chi connectivity index (χ2v) is 2.04. The fourth-order valence-corrected chi connectivity index (χ4v) is 0.705. The fraction of sp³-hybridized carbons (Fsp3) is 0.222. The van der Waals surface area contributed by atoms with E-state index in [4.69, 9.17) is 5.11 Å². The van der Waals surface area contributed by atoms with E-state index >= 15 is 0 Å². The van der Waals surface area contributed by atoms with Crippen LogP contribution in [0, 0.1) is 0 Å². The number of halogens is 2. The minimum absolute atomic E-state index is 0.184. The average Bonchev–Trinajstić information content (AvgIpc) is 2.20. The lowest BCUT2D eigenvalue weighted by molar-refractivity contribution is -0.0529. The van der Waals surface area contributed by atoms with Crippen LogP contribution in [0.4, 0.5) is 8.78 Å². The van der Waals surface area contributed by atoms with Gasteiger partial charge >= 0.3 is 6.61 Å². The number of pyridine rings is 1. The number of aliphatic hydroxyl groups excluding tert-OH is 1. The zero-order valence-electron chi connectivity index (χ0n) is 7.49. The molecule has 1 heterocycles. The zero-order chi connectivity index (χ0) is 11.0. The molecule has 0 fully saturated rings. The van der Waals surface area contributed by atoms with Gasteiger partial charge in [-0.1, -0.05) is 0 Å². The van der Waals surface area contributed by atoms with Crippen LogP contribution in [0.5, 0.6) is 5.88 Å². The number of hydrogen-bond donors (Lipinski definition) is 1. The summed E-state index contributed by atoms with van der Waals surface area (Å²) in [5.41, 5.74) is 0.487. The van der Waals surface area contributed by atoms with Crippen LogP contribution in [0.2, 0.25) is 0 Å². The van der Waals surface area contributed by atoms with Crippen LogP contribution in [0.25, 0.3) is 0 Å². The number of alkyl halides is 2. The quantitative estimate of drug-likeness (QED) is 0.764. The molecule has 0 spiro atoms. The topological polar surface area (TPSA) is 42.4 Å². The second-order valence-electron chi connectivity index (χ2n) is 2.04. The van der Waals surface area contributed by atoms with Crippen LogP contribution in [-0.2, 0) is 6.61 Å². The molecule has 1 N–H and O–H groups in total. The van der Waals surface area contributed by atoms with Crippen molar-refractivity contribution >= 4 is 0 Å². The molecule has 0 bridgehead atoms. The normalized spacial score (nSPS) is 9.14. The summed E-state index contributed by atoms with van der Waals surface area (Å²) < 4.78 is 27.3. The first kappa shape index (κ1) is 12.5. The average molecular weight is 203 g/mol. The first-order valence-corrected chi connectivity index (χ1v) is 3.73. The number of aromatic nitrogens is 1. The van der Waals surface area contributed by atoms with Crippen LogP contribution < -0.4 is 4.74 Å². The minimum atomic E-state index is -2.88. The Hall–Kier alpha value is -1.49. The summed E-state index contributed by atoms with van der Waals surface area (Å²) in [4.78, 5) is 3.51. The predicted octanol–water partition coefficient (Wildman–Crippen LogP) is 1.98. The molecule has 1 aromatic heterocycles. The van der Waals surface area contributed by atoms with Gasteiger partial charge in [0.2, 0.25) is 5.88 Å². The Morgan fingerprint density at radius 3 is 2.64 bits per heavy atom. The van der Waals surface area contributed by atoms with E-state index in [1.54, 1.807) is 0 Å². The molecule has 0 aliphatic heterocycles. The highest BCUT2D eigenvalue weighted by Gasteiger charge is 2.04. The molecule has 0 unspecified atom stereocenters. The molecule has 0 aromatic carbocycles. The summed E-state index contributed by atoms with van der Waals surface area (Å²) in [6, 6.07) is 2.77. The van der Waals surface area contributed by atoms with Crippen molar-refractivity contribution in [2.24, 2.45) is 0 Å². The monoisotopic (exact) mass is 203 g/mol. The summed E-state index contributed by atoms with van der Waals surface area (Å²) in [5, 5.41) is 8.63. The minimum Gasteiger partial charge on any atom is -0.417 e. The maximum atomic E-state index is 11.6. The van der Waals surface area contributed by atoms with E-state index in [0.29, 0.717) is 5.56 Å². The van der Waals surface area contributed by atoms with E-state index in [9.17, 15) is 8.78 Å². The van der Waals surface area contributed by atoms with Crippen molar-refractivity contribution < 1.29 is 18.6 Å². The zero-order valence-corrected chi connectivity index (χ0v) is 7.49. The van der Waals surface area contributed by atoms with Crippen molar-refractivity contribution in [2.45, 2.75) is 13.2 Å². The lowest BCUT2D eigenvalue weighted by atomic mass is 10.3. The molecule has 5 heteroatoms. The second kappa shape index (κ2) is 6.97. The van der Waals surface area contributed by atoms with E-state index < -0.39 is 6.61 Å². The van der Waals surface area contributed by atoms with Crippen LogP contribution in [0.1, 0.15) is 5.56 Å². The maximum absolute atomic E-state index is 11.6. The van der Waals surface area contributed by atoms with Crippen molar-refractivity contribution in [2.75, 3.05) is 0 Å². The Bertz CT molecular complexity index is 269. The van der Waals surface area contributed by atoms with Gasteiger partial charge in [0.1, 0.15) is 0 Å². The van der Waals surface area contributed by atoms with Crippen LogP contribution >= 0.6 is 0 Å². The lowest BCUT2D eigenvalue weighted by Gasteiger charge is -2.03. The molecule has 3 nitrogen and oxygen atoms in total. The standard InChI is InChI=1S/C7H7F2NO2.C2H4/c8-7(9)12-6-3-5(4-11)1-2-10-6;1-2/h1-3,7,11H,4H2;1-2H2. The summed E-state index contributed by atoms with van der Waals surface area (Å²) in [5.74, 6) is -0.184. The van der Waals surface area contributed by atoms with Crippen LogP contribution in [0.15, 0.2) is 31.5 Å². The SMILES string of the molecule is C=C.OCc1ccnc(OC(F)F)c1. The van der Waals surface area contributed by atoms with Gasteiger partial charge < -0.3 is 9.84 Å². The van der Waals surface area contributed by atoms with Gasteiger partial charge in [-0.05, 0) is 11.6 Å². The first-order valence-electron chi connectivity index (χ1n) is 3.73. The number of ether oxygens (including phenoxy) is 1. The van der Waals surface area contributed by atoms with E-state index in [1.807, 2.05) is 0 Å². The van der Waals surface area contributed by atoms with Crippen molar-refractivity contribution in [1.29, 1.82) is 0 Å². The molecule has 0 amide bonds. The number of nitrogens with zero attached hydrogens (tertiary/aromatic N) is 1. The molecule has 1 rings (SSSR count). The highest BCUT2D eigenvalue weighted by molar-refractivity contribution is 5.19. The van der Waals surface area contributed by atoms with E-state index in [1.165, 1.54) is 18.3 Å². The van der Waals surface area contributed by atoms with E-state index in [0.717, 1.165) is 0 Å². The first-order chi connectivity index (χ1) is 6.72. The molecule has 0 saturated heterocycles. The van der Waals surface area contributed by atoms with Gasteiger partial charge in [-0.25, -0.2) is 4.98 Å². The van der Waals surface area contributed by atoms with Crippen molar-refractivity contribution in [1.82, 2.24) is 4.98 Å². The van der Waals surface area contributed by atoms with Gasteiger partial charge in [-0.3, -0.25) is 0 Å². The Morgan fingerprint density at radius 2 is 2.14 bits per heavy atom. The molecular weight excluding hydrogens is 192 g/mol. The molecule has 0 saturated carbocycles. The number of hydrogen-bond acceptors (Lipinski definition) is 3. The smallest absolute Gasteiger partial charge is 0.388 e. The third kappa shape index (κ3) is 4.51. The van der Waals surface area contributed by atoms with Crippen LogP contribution in [0.3, 0.4) is 0 Å².